The van der Waals surface area contributed by atoms with E-state index < -0.39 is 17.4 Å². The van der Waals surface area contributed by atoms with Crippen LogP contribution in [0.5, 0.6) is 0 Å². The summed E-state index contributed by atoms with van der Waals surface area (Å²) in [6.45, 7) is 0. The van der Waals surface area contributed by atoms with Gasteiger partial charge in [0.25, 0.3) is 0 Å². The molecule has 0 aromatic heterocycles. The Morgan fingerprint density at radius 1 is 0.783 bits per heavy atom. The van der Waals surface area contributed by atoms with Crippen molar-refractivity contribution >= 4 is 11.9 Å². The maximum absolute atomic E-state index is 12.9. The van der Waals surface area contributed by atoms with E-state index in [2.05, 4.69) is 0 Å². The van der Waals surface area contributed by atoms with Crippen LogP contribution in [0.2, 0.25) is 0 Å². The second kappa shape index (κ2) is 6.82. The van der Waals surface area contributed by atoms with E-state index in [9.17, 15) is 14.7 Å². The van der Waals surface area contributed by atoms with Crippen molar-refractivity contribution in [2.45, 2.75) is 95.5 Å². The smallest absolute Gasteiger partial charge is 0.324 e. The molecule has 1 N–H and O–H groups in total. The summed E-state index contributed by atoms with van der Waals surface area (Å²) >= 11 is 0. The molecule has 0 saturated heterocycles. The molecule has 0 spiro atoms. The third kappa shape index (κ3) is 3.14. The maximum Gasteiger partial charge on any atom is 0.324 e. The van der Waals surface area contributed by atoms with Crippen LogP contribution in [0, 0.1) is 11.3 Å². The Kier molecular flexibility index (Phi) is 4.98. The number of carbonyl (C=O) groups is 2. The van der Waals surface area contributed by atoms with Crippen molar-refractivity contribution in [1.29, 1.82) is 0 Å². The molecule has 0 heterocycles. The van der Waals surface area contributed by atoms with Gasteiger partial charge in [-0.2, -0.15) is 0 Å². The number of hydrogen-bond acceptors (Lipinski definition) is 3. The molecule has 0 bridgehead atoms. The highest BCUT2D eigenvalue weighted by atomic mass is 16.6. The lowest BCUT2D eigenvalue weighted by atomic mass is 9.69. The summed E-state index contributed by atoms with van der Waals surface area (Å²) in [5, 5.41) is 9.66. The van der Waals surface area contributed by atoms with Gasteiger partial charge in [0.1, 0.15) is 5.60 Å². The predicted molar refractivity (Wildman–Crippen MR) is 87.0 cm³/mol. The zero-order valence-corrected chi connectivity index (χ0v) is 14.1. The summed E-state index contributed by atoms with van der Waals surface area (Å²) in [4.78, 5) is 24.7. The molecular formula is C19H30O4. The number of esters is 1. The van der Waals surface area contributed by atoms with Crippen molar-refractivity contribution in [3.63, 3.8) is 0 Å². The highest BCUT2D eigenvalue weighted by Crippen LogP contribution is 2.47. The summed E-state index contributed by atoms with van der Waals surface area (Å²) in [5.74, 6) is -0.975. The first kappa shape index (κ1) is 16.8. The maximum atomic E-state index is 12.9. The van der Waals surface area contributed by atoms with Crippen LogP contribution >= 0.6 is 0 Å². The first-order valence-electron chi connectivity index (χ1n) is 9.56. The van der Waals surface area contributed by atoms with Crippen LogP contribution in [0.4, 0.5) is 0 Å². The molecule has 3 rings (SSSR count). The second-order valence-corrected chi connectivity index (χ2v) is 7.94. The molecule has 0 amide bonds. The average Bonchev–Trinajstić information content (AvgIpc) is 3.08. The highest BCUT2D eigenvalue weighted by Gasteiger charge is 2.53. The Morgan fingerprint density at radius 2 is 1.30 bits per heavy atom. The van der Waals surface area contributed by atoms with Gasteiger partial charge in [-0.3, -0.25) is 9.59 Å². The van der Waals surface area contributed by atoms with Gasteiger partial charge in [0.15, 0.2) is 5.41 Å². The summed E-state index contributed by atoms with van der Waals surface area (Å²) in [6.07, 6.45) is 13.8. The first-order valence-corrected chi connectivity index (χ1v) is 9.56. The number of carboxylic acids is 1. The van der Waals surface area contributed by atoms with Crippen LogP contribution in [-0.2, 0) is 14.3 Å². The Morgan fingerprint density at radius 3 is 1.87 bits per heavy atom. The van der Waals surface area contributed by atoms with Gasteiger partial charge in [0.2, 0.25) is 0 Å². The molecule has 3 aliphatic carbocycles. The fourth-order valence-electron chi connectivity index (χ4n) is 5.14. The third-order valence-corrected chi connectivity index (χ3v) is 6.60. The molecule has 4 nitrogen and oxygen atoms in total. The SMILES string of the molecule is O=C(O)C1(C(=O)OC2(C3CCCCC3)CCCCC2)CCCC1. The van der Waals surface area contributed by atoms with Crippen molar-refractivity contribution in [3.8, 4) is 0 Å². The zero-order valence-electron chi connectivity index (χ0n) is 14.1. The summed E-state index contributed by atoms with van der Waals surface area (Å²) in [6, 6.07) is 0. The van der Waals surface area contributed by atoms with Crippen molar-refractivity contribution in [2.24, 2.45) is 11.3 Å². The Balaban J connectivity index is 1.80. The van der Waals surface area contributed by atoms with E-state index in [1.165, 1.54) is 25.7 Å². The van der Waals surface area contributed by atoms with E-state index in [1.807, 2.05) is 0 Å². The largest absolute Gasteiger partial charge is 0.480 e. The minimum Gasteiger partial charge on any atom is -0.480 e. The standard InChI is InChI=1S/C19H30O4/c20-16(21)18(11-7-8-12-18)17(22)23-19(13-5-2-6-14-19)15-9-3-1-4-10-15/h15H,1-14H2,(H,20,21). The van der Waals surface area contributed by atoms with Gasteiger partial charge >= 0.3 is 11.9 Å². The molecule has 0 atom stereocenters. The molecule has 3 saturated carbocycles. The molecule has 3 aliphatic rings. The molecule has 130 valence electrons. The van der Waals surface area contributed by atoms with Gasteiger partial charge in [0, 0.05) is 0 Å². The van der Waals surface area contributed by atoms with E-state index in [0.717, 1.165) is 51.4 Å². The summed E-state index contributed by atoms with van der Waals surface area (Å²) in [5.41, 5.74) is -1.64. The number of rotatable bonds is 4. The Labute approximate surface area is 139 Å². The zero-order chi connectivity index (χ0) is 16.3. The summed E-state index contributed by atoms with van der Waals surface area (Å²) < 4.78 is 6.15. The number of carbonyl (C=O) groups excluding carboxylic acids is 1. The lowest BCUT2D eigenvalue weighted by Crippen LogP contribution is -2.49. The molecule has 3 fully saturated rings. The molecule has 23 heavy (non-hydrogen) atoms. The second-order valence-electron chi connectivity index (χ2n) is 7.94. The minimum atomic E-state index is -1.26. The van der Waals surface area contributed by atoms with Crippen molar-refractivity contribution in [3.05, 3.63) is 0 Å². The van der Waals surface area contributed by atoms with Crippen molar-refractivity contribution < 1.29 is 19.4 Å². The van der Waals surface area contributed by atoms with Crippen molar-refractivity contribution in [1.82, 2.24) is 0 Å². The molecule has 0 unspecified atom stereocenters. The first-order chi connectivity index (χ1) is 11.1. The Hall–Kier alpha value is -1.06. The Bertz CT molecular complexity index is 438. The molecule has 4 heteroatoms. The van der Waals surface area contributed by atoms with Gasteiger partial charge in [-0.15, -0.1) is 0 Å². The quantitative estimate of drug-likeness (QED) is 0.613. The molecule has 0 radical (unpaired) electrons. The molecule has 0 aromatic rings. The third-order valence-electron chi connectivity index (χ3n) is 6.60. The van der Waals surface area contributed by atoms with Crippen molar-refractivity contribution in [2.75, 3.05) is 0 Å². The lowest BCUT2D eigenvalue weighted by molar-refractivity contribution is -0.190. The van der Waals surface area contributed by atoms with E-state index >= 15 is 0 Å². The number of hydrogen-bond donors (Lipinski definition) is 1. The lowest BCUT2D eigenvalue weighted by Gasteiger charge is -2.45. The molecule has 0 aromatic carbocycles. The monoisotopic (exact) mass is 322 g/mol. The fourth-order valence-corrected chi connectivity index (χ4v) is 5.14. The van der Waals surface area contributed by atoms with Gasteiger partial charge in [0.05, 0.1) is 0 Å². The highest BCUT2D eigenvalue weighted by molar-refractivity contribution is 5.99. The van der Waals surface area contributed by atoms with E-state index in [0.29, 0.717) is 18.8 Å². The number of aliphatic carboxylic acids is 1. The van der Waals surface area contributed by atoms with Crippen LogP contribution in [0.25, 0.3) is 0 Å². The van der Waals surface area contributed by atoms with Crippen LogP contribution < -0.4 is 0 Å². The van der Waals surface area contributed by atoms with Crippen LogP contribution in [-0.4, -0.2) is 22.6 Å². The minimum absolute atomic E-state index is 0.374. The number of carboxylic acid groups (broad SMARTS) is 1. The van der Waals surface area contributed by atoms with Gasteiger partial charge in [-0.05, 0) is 57.3 Å². The van der Waals surface area contributed by atoms with Gasteiger partial charge in [-0.25, -0.2) is 0 Å². The predicted octanol–water partition coefficient (Wildman–Crippen LogP) is 4.46. The number of ether oxygens (including phenoxy) is 1. The van der Waals surface area contributed by atoms with Crippen LogP contribution in [0.3, 0.4) is 0 Å². The average molecular weight is 322 g/mol. The summed E-state index contributed by atoms with van der Waals surface area (Å²) in [7, 11) is 0. The topological polar surface area (TPSA) is 63.6 Å². The molecule has 0 aliphatic heterocycles. The van der Waals surface area contributed by atoms with Crippen LogP contribution in [0.1, 0.15) is 89.9 Å². The van der Waals surface area contributed by atoms with E-state index in [1.54, 1.807) is 0 Å². The van der Waals surface area contributed by atoms with E-state index in [4.69, 9.17) is 4.74 Å². The van der Waals surface area contributed by atoms with Gasteiger partial charge in [-0.1, -0.05) is 38.5 Å². The van der Waals surface area contributed by atoms with Crippen LogP contribution in [0.15, 0.2) is 0 Å². The van der Waals surface area contributed by atoms with Gasteiger partial charge < -0.3 is 9.84 Å². The van der Waals surface area contributed by atoms with E-state index in [-0.39, 0.29) is 5.60 Å². The molecular weight excluding hydrogens is 292 g/mol. The fraction of sp³-hybridized carbons (Fsp3) is 0.895. The normalized spacial score (nSPS) is 27.5.